The largest absolute Gasteiger partial charge is 0.348 e. The minimum absolute atomic E-state index is 0.191. The quantitative estimate of drug-likeness (QED) is 0.834. The van der Waals surface area contributed by atoms with Crippen molar-refractivity contribution < 1.29 is 9.47 Å². The van der Waals surface area contributed by atoms with Crippen LogP contribution in [0.2, 0.25) is 0 Å². The van der Waals surface area contributed by atoms with Crippen LogP contribution in [0.1, 0.15) is 44.7 Å². The Kier molecular flexibility index (Phi) is 5.07. The van der Waals surface area contributed by atoms with Crippen LogP contribution in [0.5, 0.6) is 0 Å². The molecule has 4 nitrogen and oxygen atoms in total. The highest BCUT2D eigenvalue weighted by Gasteiger charge is 2.34. The van der Waals surface area contributed by atoms with Crippen molar-refractivity contribution in [2.24, 2.45) is 0 Å². The van der Waals surface area contributed by atoms with Crippen molar-refractivity contribution in [1.82, 2.24) is 9.55 Å². The predicted molar refractivity (Wildman–Crippen MR) is 94.9 cm³/mol. The lowest BCUT2D eigenvalue weighted by atomic mass is 9.86. The van der Waals surface area contributed by atoms with Crippen molar-refractivity contribution in [2.75, 3.05) is 13.2 Å². The van der Waals surface area contributed by atoms with Gasteiger partial charge in [-0.1, -0.05) is 45.0 Å². The molecular weight excluding hydrogens is 300 g/mol. The van der Waals surface area contributed by atoms with Crippen LogP contribution in [0.4, 0.5) is 0 Å². The van der Waals surface area contributed by atoms with Crippen molar-refractivity contribution in [3.05, 3.63) is 54.1 Å². The number of nitrogens with zero attached hydrogens (tertiary/aromatic N) is 2. The molecule has 0 unspecified atom stereocenters. The summed E-state index contributed by atoms with van der Waals surface area (Å²) in [4.78, 5) is 4.12. The third-order valence-corrected chi connectivity index (χ3v) is 4.62. The first kappa shape index (κ1) is 17.2. The number of rotatable bonds is 5. The van der Waals surface area contributed by atoms with Gasteiger partial charge in [-0.2, -0.15) is 0 Å². The van der Waals surface area contributed by atoms with E-state index in [1.165, 1.54) is 11.1 Å². The van der Waals surface area contributed by atoms with Gasteiger partial charge in [-0.25, -0.2) is 4.98 Å². The maximum Gasteiger partial charge on any atom is 0.186 e. The Morgan fingerprint density at radius 1 is 1.12 bits per heavy atom. The van der Waals surface area contributed by atoms with Crippen LogP contribution in [0.25, 0.3) is 0 Å². The average molecular weight is 328 g/mol. The summed E-state index contributed by atoms with van der Waals surface area (Å²) in [5.74, 6) is -0.540. The van der Waals surface area contributed by atoms with Gasteiger partial charge in [0.1, 0.15) is 0 Å². The van der Waals surface area contributed by atoms with Crippen LogP contribution in [-0.4, -0.2) is 28.6 Å². The van der Waals surface area contributed by atoms with Gasteiger partial charge in [0.25, 0.3) is 0 Å². The van der Waals surface area contributed by atoms with Crippen LogP contribution in [-0.2, 0) is 27.9 Å². The van der Waals surface area contributed by atoms with Gasteiger partial charge in [-0.3, -0.25) is 0 Å². The minimum Gasteiger partial charge on any atom is -0.348 e. The zero-order valence-corrected chi connectivity index (χ0v) is 15.0. The normalized spacial score (nSPS) is 17.8. The van der Waals surface area contributed by atoms with Crippen molar-refractivity contribution in [3.8, 4) is 0 Å². The van der Waals surface area contributed by atoms with E-state index in [4.69, 9.17) is 9.47 Å². The van der Waals surface area contributed by atoms with E-state index in [-0.39, 0.29) is 5.41 Å². The lowest BCUT2D eigenvalue weighted by Crippen LogP contribution is -2.44. The highest BCUT2D eigenvalue weighted by atomic mass is 16.7. The fourth-order valence-electron chi connectivity index (χ4n) is 3.10. The second-order valence-electron chi connectivity index (χ2n) is 7.64. The summed E-state index contributed by atoms with van der Waals surface area (Å²) < 4.78 is 14.2. The maximum absolute atomic E-state index is 6.07. The first-order valence-electron chi connectivity index (χ1n) is 8.80. The standard InChI is InChI=1S/C20H28N2O2/c1-19(2,3)18-7-5-17(6-8-18)9-10-20(23-13-4-14-24-20)15-22-12-11-21-16-22/h5-8,11-12,16H,4,9-10,13-15H2,1-3H3. The first-order valence-corrected chi connectivity index (χ1v) is 8.80. The SMILES string of the molecule is CC(C)(C)c1ccc(CCC2(Cn3ccnc3)OCCCO2)cc1. The van der Waals surface area contributed by atoms with Gasteiger partial charge < -0.3 is 14.0 Å². The Balaban J connectivity index is 1.67. The van der Waals surface area contributed by atoms with Crippen molar-refractivity contribution >= 4 is 0 Å². The van der Waals surface area contributed by atoms with E-state index >= 15 is 0 Å². The summed E-state index contributed by atoms with van der Waals surface area (Å²) in [6.45, 7) is 8.94. The molecule has 4 heteroatoms. The second-order valence-corrected chi connectivity index (χ2v) is 7.64. The molecule has 0 atom stereocenters. The summed E-state index contributed by atoms with van der Waals surface area (Å²) in [6.07, 6.45) is 8.33. The number of aromatic nitrogens is 2. The molecule has 3 rings (SSSR count). The molecule has 24 heavy (non-hydrogen) atoms. The summed E-state index contributed by atoms with van der Waals surface area (Å²) >= 11 is 0. The Hall–Kier alpha value is -1.65. The van der Waals surface area contributed by atoms with E-state index < -0.39 is 5.79 Å². The Labute approximate surface area is 144 Å². The fraction of sp³-hybridized carbons (Fsp3) is 0.550. The van der Waals surface area contributed by atoms with Crippen LogP contribution >= 0.6 is 0 Å². The molecule has 1 aliphatic heterocycles. The molecule has 0 spiro atoms. The van der Waals surface area contributed by atoms with Gasteiger partial charge in [0.15, 0.2) is 5.79 Å². The lowest BCUT2D eigenvalue weighted by Gasteiger charge is -2.37. The van der Waals surface area contributed by atoms with Gasteiger partial charge in [0.2, 0.25) is 0 Å². The lowest BCUT2D eigenvalue weighted by molar-refractivity contribution is -0.276. The number of imidazole rings is 1. The van der Waals surface area contributed by atoms with Crippen molar-refractivity contribution in [3.63, 3.8) is 0 Å². The molecule has 1 aromatic heterocycles. The molecule has 1 fully saturated rings. The Morgan fingerprint density at radius 3 is 2.42 bits per heavy atom. The van der Waals surface area contributed by atoms with Crippen LogP contribution in [0, 0.1) is 0 Å². The Morgan fingerprint density at radius 2 is 1.83 bits per heavy atom. The second kappa shape index (κ2) is 7.08. The molecule has 1 aliphatic rings. The fourth-order valence-corrected chi connectivity index (χ4v) is 3.10. The minimum atomic E-state index is -0.540. The van der Waals surface area contributed by atoms with Gasteiger partial charge >= 0.3 is 0 Å². The number of ether oxygens (including phenoxy) is 2. The average Bonchev–Trinajstić information content (AvgIpc) is 3.06. The molecule has 0 radical (unpaired) electrons. The molecule has 0 aliphatic carbocycles. The van der Waals surface area contributed by atoms with Gasteiger partial charge in [0, 0.05) is 18.8 Å². The van der Waals surface area contributed by atoms with E-state index in [1.807, 2.05) is 17.1 Å². The van der Waals surface area contributed by atoms with Crippen molar-refractivity contribution in [1.29, 1.82) is 0 Å². The number of hydrogen-bond acceptors (Lipinski definition) is 3. The van der Waals surface area contributed by atoms with E-state index in [1.54, 1.807) is 6.20 Å². The van der Waals surface area contributed by atoms with Crippen LogP contribution in [0.15, 0.2) is 43.0 Å². The highest BCUT2D eigenvalue weighted by molar-refractivity contribution is 5.27. The predicted octanol–water partition coefficient (Wildman–Crippen LogP) is 3.95. The third kappa shape index (κ3) is 4.25. The van der Waals surface area contributed by atoms with Crippen LogP contribution < -0.4 is 0 Å². The van der Waals surface area contributed by atoms with Gasteiger partial charge in [0.05, 0.1) is 26.1 Å². The first-order chi connectivity index (χ1) is 11.5. The van der Waals surface area contributed by atoms with Crippen LogP contribution in [0.3, 0.4) is 0 Å². The smallest absolute Gasteiger partial charge is 0.186 e. The van der Waals surface area contributed by atoms with Gasteiger partial charge in [-0.05, 0) is 29.4 Å². The summed E-state index contributed by atoms with van der Waals surface area (Å²) in [7, 11) is 0. The third-order valence-electron chi connectivity index (χ3n) is 4.62. The monoisotopic (exact) mass is 328 g/mol. The van der Waals surface area contributed by atoms with Gasteiger partial charge in [-0.15, -0.1) is 0 Å². The zero-order valence-electron chi connectivity index (χ0n) is 15.0. The summed E-state index contributed by atoms with van der Waals surface area (Å²) in [5, 5.41) is 0. The number of aryl methyl sites for hydroxylation is 1. The van der Waals surface area contributed by atoms with E-state index in [9.17, 15) is 0 Å². The molecular formula is C20H28N2O2. The Bertz CT molecular complexity index is 621. The molecule has 130 valence electrons. The summed E-state index contributed by atoms with van der Waals surface area (Å²) in [5.41, 5.74) is 2.88. The van der Waals surface area contributed by atoms with E-state index in [2.05, 4.69) is 50.0 Å². The molecule has 1 aromatic carbocycles. The molecule has 0 saturated carbocycles. The number of hydrogen-bond donors (Lipinski definition) is 0. The molecule has 1 saturated heterocycles. The van der Waals surface area contributed by atoms with E-state index in [0.29, 0.717) is 6.54 Å². The van der Waals surface area contributed by atoms with E-state index in [0.717, 1.165) is 32.5 Å². The topological polar surface area (TPSA) is 36.3 Å². The summed E-state index contributed by atoms with van der Waals surface area (Å²) in [6, 6.07) is 8.93. The number of benzene rings is 1. The maximum atomic E-state index is 6.07. The highest BCUT2D eigenvalue weighted by Crippen LogP contribution is 2.28. The van der Waals surface area contributed by atoms with Crippen molar-refractivity contribution in [2.45, 2.75) is 57.8 Å². The molecule has 0 N–H and O–H groups in total. The molecule has 0 amide bonds. The molecule has 2 heterocycles. The zero-order chi connectivity index (χ0) is 17.0. The molecule has 0 bridgehead atoms. The molecule has 2 aromatic rings.